The van der Waals surface area contributed by atoms with Gasteiger partial charge in [0.2, 0.25) is 0 Å². The quantitative estimate of drug-likeness (QED) is 0.0465. The molecule has 29 heteroatoms. The van der Waals surface area contributed by atoms with Crippen LogP contribution in [0.5, 0.6) is 17.2 Å². The lowest BCUT2D eigenvalue weighted by Crippen LogP contribution is -2.50. The number of esters is 5. The highest BCUT2D eigenvalue weighted by atomic mass is 32.2. The summed E-state index contributed by atoms with van der Waals surface area (Å²) in [6.45, 7) is 15.7. The van der Waals surface area contributed by atoms with Crippen molar-refractivity contribution in [1.82, 2.24) is 24.5 Å². The molecule has 0 fully saturated rings. The van der Waals surface area contributed by atoms with Gasteiger partial charge in [-0.3, -0.25) is 24.3 Å². The van der Waals surface area contributed by atoms with Crippen LogP contribution in [0.2, 0.25) is 0 Å². The van der Waals surface area contributed by atoms with Crippen molar-refractivity contribution in [3.63, 3.8) is 0 Å². The van der Waals surface area contributed by atoms with Gasteiger partial charge in [0, 0.05) is 51.4 Å². The summed E-state index contributed by atoms with van der Waals surface area (Å²) in [6.07, 6.45) is 3.62. The minimum Gasteiger partial charge on any atom is -0.464 e. The molecule has 2 aromatic heterocycles. The van der Waals surface area contributed by atoms with E-state index >= 15 is 0 Å². The van der Waals surface area contributed by atoms with Crippen LogP contribution in [0.3, 0.4) is 0 Å². The topological polar surface area (TPSA) is 295 Å². The average molecular weight is 1760 g/mol. The molecule has 0 N–H and O–H groups in total. The molecule has 5 unspecified atom stereocenters. The monoisotopic (exact) mass is 1760 g/mol. The van der Waals surface area contributed by atoms with Crippen LogP contribution < -0.4 is 14.2 Å². The molecule has 5 aliphatic rings. The number of aryl methyl sites for hydroxylation is 2. The van der Waals surface area contributed by atoms with E-state index in [-0.39, 0.29) is 55.0 Å². The molecule has 5 atom stereocenters. The number of rotatable bonds is 17. The minimum atomic E-state index is -3.38. The van der Waals surface area contributed by atoms with E-state index in [0.29, 0.717) is 91.9 Å². The number of para-hydroxylation sites is 1. The molecular formula is C95H99N5O20S4. The highest BCUT2D eigenvalue weighted by Crippen LogP contribution is 2.35. The third-order valence-corrected chi connectivity index (χ3v) is 25.8. The van der Waals surface area contributed by atoms with Crippen molar-refractivity contribution in [2.24, 2.45) is 0 Å². The van der Waals surface area contributed by atoms with Gasteiger partial charge in [0.1, 0.15) is 51.7 Å². The lowest BCUT2D eigenvalue weighted by atomic mass is 9.94. The van der Waals surface area contributed by atoms with Crippen LogP contribution in [-0.2, 0) is 122 Å². The Bertz CT molecular complexity index is 5560. The number of ether oxygens (including phenoxy) is 8. The maximum Gasteiger partial charge on any atom is 0.416 e. The molecule has 124 heavy (non-hydrogen) atoms. The summed E-state index contributed by atoms with van der Waals surface area (Å²) in [5.41, 5.74) is 12.5. The van der Waals surface area contributed by atoms with E-state index in [9.17, 15) is 56.4 Å². The van der Waals surface area contributed by atoms with Crippen molar-refractivity contribution in [1.29, 1.82) is 0 Å². The number of benzene rings is 8. The number of thioether (sulfide) groups is 1. The van der Waals surface area contributed by atoms with Crippen LogP contribution in [0.4, 0.5) is 14.4 Å². The van der Waals surface area contributed by atoms with Gasteiger partial charge in [0.05, 0.1) is 66.6 Å². The molecule has 8 aromatic carbocycles. The zero-order chi connectivity index (χ0) is 88.6. The number of carbonyl (C=O) groups excluding carboxylic acids is 10. The number of thiophene rings is 2. The molecular weight excluding hydrogens is 1660 g/mol. The molecule has 7 heterocycles. The maximum absolute atomic E-state index is 13.0. The molecule has 0 saturated carbocycles. The summed E-state index contributed by atoms with van der Waals surface area (Å²) in [5, 5.41) is 0. The van der Waals surface area contributed by atoms with Crippen molar-refractivity contribution >= 4 is 104 Å². The third kappa shape index (κ3) is 24.1. The average Bonchev–Trinajstić information content (AvgIpc) is 1.34. The Morgan fingerprint density at radius 1 is 0.331 bits per heavy atom. The number of fused-ring (bicyclic) bond motifs is 5. The standard InChI is InChI=1S/2C20H21NO4.C19H19NO4.C18H19NO5S2.C18H19NO3S2/c1-3-24-19(22)18-12-15-8-4-5-9-16(15)13-21(18)20(23)25-17-10-6-7-14(2)11-17;1-3-24-19(22)18-12-15-6-4-5-7-16(15)13-21(18)20(23)25-17-10-8-14(2)9-11-17;1-2-23-18(21)17-12-14-8-6-7-9-15(14)13-20(17)19(22)24-16-10-4-3-5-11-16;1-3-24-18(21)14-10-12-6-4-5-7-13(12)11-19(14)17(20)15-8-9-16(25-15)26(2,22)23;1-3-22-18(21)14-10-12-6-4-5-7-13(12)11-19(14)17(20)15-8-9-16(23-2)24-15/h2*4-11,18H,3,12-13H2,1-2H3;3-11,17H,2,12-13H2,1H3;4-9,14H,3,10-11H2,1-2H3;4-9,14H,3,10-11H2,1-2H3. The second kappa shape index (κ2) is 44.1. The molecule has 5 amide bonds. The molecule has 0 aliphatic carbocycles. The molecule has 0 saturated heterocycles. The van der Waals surface area contributed by atoms with Crippen LogP contribution in [0, 0.1) is 13.8 Å². The van der Waals surface area contributed by atoms with Crippen LogP contribution in [0.1, 0.15) is 121 Å². The van der Waals surface area contributed by atoms with Gasteiger partial charge in [-0.1, -0.05) is 169 Å². The molecule has 5 aliphatic heterocycles. The normalized spacial score (nSPS) is 16.4. The van der Waals surface area contributed by atoms with Gasteiger partial charge in [-0.2, -0.15) is 0 Å². The lowest BCUT2D eigenvalue weighted by Gasteiger charge is -2.35. The van der Waals surface area contributed by atoms with Crippen LogP contribution in [0.25, 0.3) is 0 Å². The second-order valence-corrected chi connectivity index (χ2v) is 34.7. The van der Waals surface area contributed by atoms with Crippen molar-refractivity contribution in [3.8, 4) is 17.2 Å². The fourth-order valence-corrected chi connectivity index (χ4v) is 18.0. The van der Waals surface area contributed by atoms with Gasteiger partial charge in [-0.15, -0.1) is 34.4 Å². The fourth-order valence-electron chi connectivity index (χ4n) is 14.6. The second-order valence-electron chi connectivity index (χ2n) is 29.2. The first-order chi connectivity index (χ1) is 59.8. The highest BCUT2D eigenvalue weighted by Gasteiger charge is 2.42. The molecule has 15 rings (SSSR count). The summed E-state index contributed by atoms with van der Waals surface area (Å²) in [6, 6.07) is 65.7. The van der Waals surface area contributed by atoms with E-state index in [1.807, 2.05) is 184 Å². The number of hydrogen-bond donors (Lipinski definition) is 0. The zero-order valence-electron chi connectivity index (χ0n) is 70.4. The lowest BCUT2D eigenvalue weighted by molar-refractivity contribution is -0.150. The van der Waals surface area contributed by atoms with E-state index in [4.69, 9.17) is 37.9 Å². The van der Waals surface area contributed by atoms with Crippen LogP contribution >= 0.6 is 34.4 Å². The van der Waals surface area contributed by atoms with E-state index in [1.54, 1.807) is 99.8 Å². The maximum atomic E-state index is 13.0. The summed E-state index contributed by atoms with van der Waals surface area (Å²) >= 11 is 4.00. The highest BCUT2D eigenvalue weighted by molar-refractivity contribution is 8.00. The van der Waals surface area contributed by atoms with Gasteiger partial charge in [0.15, 0.2) is 9.84 Å². The van der Waals surface area contributed by atoms with Crippen molar-refractivity contribution in [2.45, 2.75) is 152 Å². The SMILES string of the molecule is CCOC(=O)C1Cc2ccccc2CN1C(=O)Oc1ccc(C)cc1.CCOC(=O)C1Cc2ccccc2CN1C(=O)Oc1cccc(C)c1.CCOC(=O)C1Cc2ccccc2CN1C(=O)Oc1ccccc1.CCOC(=O)C1Cc2ccccc2CN1C(=O)c1ccc(S(C)(=O)=O)s1.CCOC(=O)C1Cc2ccccc2CN1C(=O)c1ccc(SC)s1. The zero-order valence-corrected chi connectivity index (χ0v) is 73.7. The van der Waals surface area contributed by atoms with Gasteiger partial charge in [0.25, 0.3) is 11.8 Å². The Morgan fingerprint density at radius 2 is 0.621 bits per heavy atom. The molecule has 10 aromatic rings. The number of nitrogens with zero attached hydrogens (tertiary/aromatic N) is 5. The molecule has 0 radical (unpaired) electrons. The van der Waals surface area contributed by atoms with Gasteiger partial charge in [-0.05, 0) is 177 Å². The van der Waals surface area contributed by atoms with E-state index in [2.05, 4.69) is 0 Å². The summed E-state index contributed by atoms with van der Waals surface area (Å²) in [7, 11) is -3.38. The van der Waals surface area contributed by atoms with Crippen molar-refractivity contribution in [3.05, 3.63) is 301 Å². The predicted molar refractivity (Wildman–Crippen MR) is 470 cm³/mol. The number of carbonyl (C=O) groups is 10. The van der Waals surface area contributed by atoms with E-state index < -0.39 is 82.2 Å². The molecule has 0 spiro atoms. The Balaban J connectivity index is 0.000000151. The first kappa shape index (κ1) is 92.3. The predicted octanol–water partition coefficient (Wildman–Crippen LogP) is 16.0. The van der Waals surface area contributed by atoms with E-state index in [1.165, 1.54) is 43.1 Å². The third-order valence-electron chi connectivity index (χ3n) is 20.8. The fraction of sp³-hybridized carbons (Fsp3) is 0.305. The Kier molecular flexibility index (Phi) is 32.8. The number of amides is 5. The smallest absolute Gasteiger partial charge is 0.416 e. The van der Waals surface area contributed by atoms with Crippen LogP contribution in [0.15, 0.2) is 233 Å². The Labute approximate surface area is 734 Å². The largest absolute Gasteiger partial charge is 0.464 e. The van der Waals surface area contributed by atoms with Crippen LogP contribution in [-0.4, -0.2) is 169 Å². The first-order valence-electron chi connectivity index (χ1n) is 40.7. The van der Waals surface area contributed by atoms with Gasteiger partial charge in [-0.25, -0.2) is 46.8 Å². The van der Waals surface area contributed by atoms with Gasteiger partial charge >= 0.3 is 48.1 Å². The molecule has 0 bridgehead atoms. The summed E-state index contributed by atoms with van der Waals surface area (Å²) in [5.74, 6) is -1.09. The van der Waals surface area contributed by atoms with Gasteiger partial charge < -0.3 is 47.7 Å². The Morgan fingerprint density at radius 3 is 0.935 bits per heavy atom. The molecule has 25 nitrogen and oxygen atoms in total. The number of sulfone groups is 1. The summed E-state index contributed by atoms with van der Waals surface area (Å²) < 4.78 is 66.7. The molecule has 648 valence electrons. The number of hydrogen-bond acceptors (Lipinski definition) is 23. The summed E-state index contributed by atoms with van der Waals surface area (Å²) in [4.78, 5) is 134. The Hall–Kier alpha value is -12.4. The van der Waals surface area contributed by atoms with Crippen molar-refractivity contribution < 1.29 is 94.3 Å². The van der Waals surface area contributed by atoms with E-state index in [0.717, 1.165) is 88.6 Å². The first-order valence-corrected chi connectivity index (χ1v) is 45.4. The minimum absolute atomic E-state index is 0.104. The van der Waals surface area contributed by atoms with Crippen molar-refractivity contribution in [2.75, 3.05) is 45.5 Å².